The monoisotopic (exact) mass is 416 g/mol. The topological polar surface area (TPSA) is 94.5 Å². The summed E-state index contributed by atoms with van der Waals surface area (Å²) in [5.41, 5.74) is 0.786. The van der Waals surface area contributed by atoms with Gasteiger partial charge in [0.15, 0.2) is 0 Å². The van der Waals surface area contributed by atoms with E-state index < -0.39 is 17.4 Å². The van der Waals surface area contributed by atoms with Crippen LogP contribution in [0.1, 0.15) is 12.8 Å². The minimum absolute atomic E-state index is 0.0783. The third-order valence-electron chi connectivity index (χ3n) is 4.93. The lowest BCUT2D eigenvalue weighted by molar-refractivity contribution is -0.384. The minimum atomic E-state index is -2.87. The molecule has 2 heterocycles. The number of hydrogen-bond donors (Lipinski definition) is 0. The van der Waals surface area contributed by atoms with Gasteiger partial charge in [-0.25, -0.2) is 8.78 Å². The molecule has 30 heavy (non-hydrogen) atoms. The number of nitro groups is 1. The van der Waals surface area contributed by atoms with Crippen LogP contribution in [0.25, 0.3) is 22.8 Å². The fourth-order valence-corrected chi connectivity index (χ4v) is 3.52. The van der Waals surface area contributed by atoms with Gasteiger partial charge in [-0.2, -0.15) is 4.98 Å². The van der Waals surface area contributed by atoms with E-state index in [1.807, 2.05) is 0 Å². The number of ether oxygens (including phenoxy) is 1. The van der Waals surface area contributed by atoms with Gasteiger partial charge in [-0.3, -0.25) is 10.1 Å². The van der Waals surface area contributed by atoms with Crippen molar-refractivity contribution >= 4 is 11.4 Å². The molecule has 1 fully saturated rings. The van der Waals surface area contributed by atoms with Gasteiger partial charge in [0.05, 0.1) is 24.1 Å². The van der Waals surface area contributed by atoms with E-state index in [2.05, 4.69) is 10.1 Å². The summed E-state index contributed by atoms with van der Waals surface area (Å²) >= 11 is 0. The Bertz CT molecular complexity index is 1090. The SMILES string of the molecule is COc1ccccc1-c1noc(-c2ccc(N3CCCC(F)(F)C3)c([N+](=O)[O-])c2)n1. The van der Waals surface area contributed by atoms with Gasteiger partial charge in [0.1, 0.15) is 11.4 Å². The Hall–Kier alpha value is -3.56. The highest BCUT2D eigenvalue weighted by Gasteiger charge is 2.37. The van der Waals surface area contributed by atoms with Crippen LogP contribution in [-0.4, -0.2) is 41.2 Å². The zero-order chi connectivity index (χ0) is 21.3. The van der Waals surface area contributed by atoms with Gasteiger partial charge < -0.3 is 14.2 Å². The fraction of sp³-hybridized carbons (Fsp3) is 0.300. The van der Waals surface area contributed by atoms with Crippen molar-refractivity contribution in [2.45, 2.75) is 18.8 Å². The second kappa shape index (κ2) is 7.69. The van der Waals surface area contributed by atoms with Gasteiger partial charge in [-0.05, 0) is 30.7 Å². The number of alkyl halides is 2. The summed E-state index contributed by atoms with van der Waals surface area (Å²) in [6.45, 7) is -0.222. The number of halogens is 2. The first-order chi connectivity index (χ1) is 14.4. The van der Waals surface area contributed by atoms with E-state index in [4.69, 9.17) is 9.26 Å². The summed E-state index contributed by atoms with van der Waals surface area (Å²) in [5.74, 6) is -1.97. The molecule has 0 spiro atoms. The van der Waals surface area contributed by atoms with Crippen LogP contribution in [0.2, 0.25) is 0 Å². The second-order valence-corrected chi connectivity index (χ2v) is 6.97. The molecule has 10 heteroatoms. The van der Waals surface area contributed by atoms with E-state index in [0.717, 1.165) is 0 Å². The van der Waals surface area contributed by atoms with Crippen molar-refractivity contribution in [2.75, 3.05) is 25.1 Å². The molecule has 4 rings (SSSR count). The summed E-state index contributed by atoms with van der Waals surface area (Å²) in [4.78, 5) is 16.7. The normalized spacial score (nSPS) is 15.8. The Morgan fingerprint density at radius 1 is 1.27 bits per heavy atom. The summed E-state index contributed by atoms with van der Waals surface area (Å²) in [6, 6.07) is 11.4. The predicted octanol–water partition coefficient (Wildman–Crippen LogP) is 4.56. The average molecular weight is 416 g/mol. The van der Waals surface area contributed by atoms with Crippen molar-refractivity contribution in [3.8, 4) is 28.6 Å². The number of rotatable bonds is 5. The number of piperidine rings is 1. The van der Waals surface area contributed by atoms with Crippen molar-refractivity contribution in [3.05, 3.63) is 52.6 Å². The molecular weight excluding hydrogens is 398 g/mol. The first-order valence-corrected chi connectivity index (χ1v) is 9.27. The molecule has 1 aromatic heterocycles. The first kappa shape index (κ1) is 19.7. The molecule has 1 saturated heterocycles. The molecule has 3 aromatic rings. The van der Waals surface area contributed by atoms with Gasteiger partial charge in [-0.1, -0.05) is 17.3 Å². The predicted molar refractivity (Wildman–Crippen MR) is 105 cm³/mol. The van der Waals surface area contributed by atoms with E-state index in [9.17, 15) is 18.9 Å². The molecule has 156 valence electrons. The van der Waals surface area contributed by atoms with Crippen LogP contribution in [0.15, 0.2) is 47.0 Å². The van der Waals surface area contributed by atoms with Crippen LogP contribution in [0.3, 0.4) is 0 Å². The molecule has 0 atom stereocenters. The van der Waals surface area contributed by atoms with E-state index in [0.29, 0.717) is 23.4 Å². The maximum atomic E-state index is 13.8. The first-order valence-electron chi connectivity index (χ1n) is 9.27. The highest BCUT2D eigenvalue weighted by atomic mass is 19.3. The third-order valence-corrected chi connectivity index (χ3v) is 4.93. The van der Waals surface area contributed by atoms with Gasteiger partial charge in [-0.15, -0.1) is 0 Å². The maximum Gasteiger partial charge on any atom is 0.293 e. The molecule has 0 unspecified atom stereocenters. The molecule has 2 aromatic carbocycles. The zero-order valence-electron chi connectivity index (χ0n) is 16.0. The van der Waals surface area contributed by atoms with E-state index in [1.165, 1.54) is 24.1 Å². The summed E-state index contributed by atoms with van der Waals surface area (Å²) in [7, 11) is 1.52. The number of methoxy groups -OCH3 is 1. The third kappa shape index (κ3) is 3.80. The lowest BCUT2D eigenvalue weighted by atomic mass is 10.1. The van der Waals surface area contributed by atoms with E-state index >= 15 is 0 Å². The Labute approximate surface area is 170 Å². The number of para-hydroxylation sites is 1. The Morgan fingerprint density at radius 3 is 2.80 bits per heavy atom. The number of hydrogen-bond acceptors (Lipinski definition) is 7. The number of anilines is 1. The van der Waals surface area contributed by atoms with E-state index in [1.54, 1.807) is 30.3 Å². The van der Waals surface area contributed by atoms with Crippen molar-refractivity contribution in [3.63, 3.8) is 0 Å². The van der Waals surface area contributed by atoms with Gasteiger partial charge in [0.2, 0.25) is 5.82 Å². The van der Waals surface area contributed by atoms with Crippen LogP contribution in [-0.2, 0) is 0 Å². The molecule has 0 radical (unpaired) electrons. The van der Waals surface area contributed by atoms with Gasteiger partial charge >= 0.3 is 0 Å². The van der Waals surface area contributed by atoms with Crippen LogP contribution < -0.4 is 9.64 Å². The Morgan fingerprint density at radius 2 is 2.07 bits per heavy atom. The quantitative estimate of drug-likeness (QED) is 0.445. The van der Waals surface area contributed by atoms with Crippen LogP contribution >= 0.6 is 0 Å². The zero-order valence-corrected chi connectivity index (χ0v) is 16.0. The molecule has 0 bridgehead atoms. The summed E-state index contributed by atoms with van der Waals surface area (Å²) in [5, 5.41) is 15.6. The molecular formula is C20H18F2N4O4. The van der Waals surface area contributed by atoms with Crippen molar-refractivity contribution in [2.24, 2.45) is 0 Å². The molecule has 0 saturated carbocycles. The second-order valence-electron chi connectivity index (χ2n) is 6.97. The molecule has 0 amide bonds. The van der Waals surface area contributed by atoms with E-state index in [-0.39, 0.29) is 35.9 Å². The molecule has 8 nitrogen and oxygen atoms in total. The summed E-state index contributed by atoms with van der Waals surface area (Å²) < 4.78 is 38.1. The van der Waals surface area contributed by atoms with Crippen molar-refractivity contribution in [1.82, 2.24) is 10.1 Å². The van der Waals surface area contributed by atoms with Gasteiger partial charge in [0, 0.05) is 24.6 Å². The van der Waals surface area contributed by atoms with Crippen LogP contribution in [0.4, 0.5) is 20.2 Å². The molecule has 0 aliphatic carbocycles. The van der Waals surface area contributed by atoms with Gasteiger partial charge in [0.25, 0.3) is 17.5 Å². The molecule has 1 aliphatic rings. The smallest absolute Gasteiger partial charge is 0.293 e. The average Bonchev–Trinajstić information content (AvgIpc) is 3.22. The lowest BCUT2D eigenvalue weighted by Crippen LogP contribution is -2.42. The number of aromatic nitrogens is 2. The van der Waals surface area contributed by atoms with Crippen LogP contribution in [0, 0.1) is 10.1 Å². The standard InChI is InChI=1S/C20H18F2N4O4/c1-29-17-6-3-2-5-14(17)18-23-19(30-24-18)13-7-8-15(16(11-13)26(27)28)25-10-4-9-20(21,22)12-25/h2-3,5-8,11H,4,9-10,12H2,1H3. The molecule has 0 N–H and O–H groups in total. The minimum Gasteiger partial charge on any atom is -0.496 e. The highest BCUT2D eigenvalue weighted by Crippen LogP contribution is 2.37. The molecule has 1 aliphatic heterocycles. The Kier molecular flexibility index (Phi) is 5.06. The fourth-order valence-electron chi connectivity index (χ4n) is 3.52. The Balaban J connectivity index is 1.69. The summed E-state index contributed by atoms with van der Waals surface area (Å²) in [6.07, 6.45) is 0.0426. The largest absolute Gasteiger partial charge is 0.496 e. The number of nitro benzene ring substituents is 1. The lowest BCUT2D eigenvalue weighted by Gasteiger charge is -2.33. The maximum absolute atomic E-state index is 13.8. The van der Waals surface area contributed by atoms with Crippen molar-refractivity contribution < 1.29 is 23.0 Å². The number of benzene rings is 2. The highest BCUT2D eigenvalue weighted by molar-refractivity contribution is 5.72. The van der Waals surface area contributed by atoms with Crippen LogP contribution in [0.5, 0.6) is 5.75 Å². The number of nitrogens with zero attached hydrogens (tertiary/aromatic N) is 4. The van der Waals surface area contributed by atoms with Crippen molar-refractivity contribution in [1.29, 1.82) is 0 Å².